The maximum absolute atomic E-state index is 11.9. The van der Waals surface area contributed by atoms with Crippen LogP contribution < -0.4 is 0 Å². The standard InChI is InChI=1S/C12H15NO2/c1-15-11(14)12(6-2-3-7-12)10-4-8-13-9-5-10/h4-5,8-9H,2-3,6-7H2,1H3. The van der Waals surface area contributed by atoms with E-state index in [1.165, 1.54) is 7.11 Å². The zero-order chi connectivity index (χ0) is 10.7. The molecule has 0 aliphatic heterocycles. The summed E-state index contributed by atoms with van der Waals surface area (Å²) in [6.07, 6.45) is 7.44. The van der Waals surface area contributed by atoms with Crippen LogP contribution in [0.2, 0.25) is 0 Å². The Morgan fingerprint density at radius 1 is 1.33 bits per heavy atom. The Morgan fingerprint density at radius 3 is 2.47 bits per heavy atom. The van der Waals surface area contributed by atoms with Crippen LogP contribution in [0.5, 0.6) is 0 Å². The quantitative estimate of drug-likeness (QED) is 0.694. The molecular weight excluding hydrogens is 190 g/mol. The van der Waals surface area contributed by atoms with Gasteiger partial charge in [-0.2, -0.15) is 0 Å². The molecule has 1 aliphatic carbocycles. The van der Waals surface area contributed by atoms with Gasteiger partial charge in [0.25, 0.3) is 0 Å². The molecule has 0 N–H and O–H groups in total. The van der Waals surface area contributed by atoms with Crippen molar-refractivity contribution in [3.63, 3.8) is 0 Å². The summed E-state index contributed by atoms with van der Waals surface area (Å²) in [5.74, 6) is -0.105. The monoisotopic (exact) mass is 205 g/mol. The third kappa shape index (κ3) is 1.62. The SMILES string of the molecule is COC(=O)C1(c2ccncc2)CCCC1. The van der Waals surface area contributed by atoms with Gasteiger partial charge in [0.2, 0.25) is 0 Å². The fourth-order valence-corrected chi connectivity index (χ4v) is 2.46. The first-order valence-corrected chi connectivity index (χ1v) is 5.28. The molecule has 1 aromatic heterocycles. The average molecular weight is 205 g/mol. The highest BCUT2D eigenvalue weighted by Crippen LogP contribution is 2.41. The van der Waals surface area contributed by atoms with Crippen molar-refractivity contribution in [1.82, 2.24) is 4.98 Å². The number of rotatable bonds is 2. The highest BCUT2D eigenvalue weighted by atomic mass is 16.5. The highest BCUT2D eigenvalue weighted by molar-refractivity contribution is 5.83. The number of ether oxygens (including phenoxy) is 1. The summed E-state index contributed by atoms with van der Waals surface area (Å²) in [6, 6.07) is 3.84. The second kappa shape index (κ2) is 4.01. The molecule has 15 heavy (non-hydrogen) atoms. The predicted molar refractivity (Wildman–Crippen MR) is 56.4 cm³/mol. The molecule has 0 spiro atoms. The largest absolute Gasteiger partial charge is 0.468 e. The first kappa shape index (κ1) is 10.1. The Balaban J connectivity index is 2.39. The Hall–Kier alpha value is -1.38. The van der Waals surface area contributed by atoms with Gasteiger partial charge < -0.3 is 4.74 Å². The summed E-state index contributed by atoms with van der Waals surface area (Å²) in [6.45, 7) is 0. The van der Waals surface area contributed by atoms with Crippen LogP contribution in [-0.2, 0) is 14.9 Å². The van der Waals surface area contributed by atoms with Crippen LogP contribution >= 0.6 is 0 Å². The highest BCUT2D eigenvalue weighted by Gasteiger charge is 2.43. The number of hydrogen-bond acceptors (Lipinski definition) is 3. The van der Waals surface area contributed by atoms with Crippen LogP contribution in [0.1, 0.15) is 31.2 Å². The van der Waals surface area contributed by atoms with Gasteiger partial charge in [-0.3, -0.25) is 9.78 Å². The van der Waals surface area contributed by atoms with E-state index in [9.17, 15) is 4.79 Å². The molecule has 3 nitrogen and oxygen atoms in total. The second-order valence-corrected chi connectivity index (χ2v) is 4.02. The minimum absolute atomic E-state index is 0.105. The zero-order valence-corrected chi connectivity index (χ0v) is 8.90. The molecular formula is C12H15NO2. The number of carbonyl (C=O) groups excluding carboxylic acids is 1. The smallest absolute Gasteiger partial charge is 0.316 e. The fraction of sp³-hybridized carbons (Fsp3) is 0.500. The molecule has 1 heterocycles. The second-order valence-electron chi connectivity index (χ2n) is 4.02. The number of hydrogen-bond donors (Lipinski definition) is 0. The molecule has 0 aromatic carbocycles. The van der Waals surface area contributed by atoms with Gasteiger partial charge >= 0.3 is 5.97 Å². The lowest BCUT2D eigenvalue weighted by atomic mass is 9.79. The predicted octanol–water partition coefficient (Wildman–Crippen LogP) is 2.07. The fourth-order valence-electron chi connectivity index (χ4n) is 2.46. The molecule has 1 fully saturated rings. The summed E-state index contributed by atoms with van der Waals surface area (Å²) in [4.78, 5) is 15.9. The molecule has 1 saturated carbocycles. The van der Waals surface area contributed by atoms with E-state index in [0.29, 0.717) is 0 Å². The summed E-state index contributed by atoms with van der Waals surface area (Å²) >= 11 is 0. The van der Waals surface area contributed by atoms with E-state index >= 15 is 0 Å². The molecule has 1 aliphatic rings. The number of methoxy groups -OCH3 is 1. The Bertz CT molecular complexity index is 342. The first-order valence-electron chi connectivity index (χ1n) is 5.28. The number of aromatic nitrogens is 1. The molecule has 1 aromatic rings. The van der Waals surface area contributed by atoms with Gasteiger partial charge in [-0.05, 0) is 30.5 Å². The van der Waals surface area contributed by atoms with Crippen molar-refractivity contribution in [3.8, 4) is 0 Å². The molecule has 0 unspecified atom stereocenters. The Labute approximate surface area is 89.5 Å². The van der Waals surface area contributed by atoms with Crippen molar-refractivity contribution in [2.75, 3.05) is 7.11 Å². The van der Waals surface area contributed by atoms with Crippen molar-refractivity contribution in [3.05, 3.63) is 30.1 Å². The summed E-state index contributed by atoms with van der Waals surface area (Å²) in [7, 11) is 1.46. The molecule has 0 radical (unpaired) electrons. The van der Waals surface area contributed by atoms with Gasteiger partial charge in [0.1, 0.15) is 0 Å². The van der Waals surface area contributed by atoms with Gasteiger partial charge in [-0.25, -0.2) is 0 Å². The first-order chi connectivity index (χ1) is 7.29. The summed E-state index contributed by atoms with van der Waals surface area (Å²) in [5, 5.41) is 0. The lowest BCUT2D eigenvalue weighted by Crippen LogP contribution is -2.33. The molecule has 0 bridgehead atoms. The van der Waals surface area contributed by atoms with Crippen LogP contribution in [-0.4, -0.2) is 18.1 Å². The normalized spacial score (nSPS) is 18.7. The Kier molecular flexibility index (Phi) is 2.71. The molecule has 2 rings (SSSR count). The molecule has 3 heteroatoms. The van der Waals surface area contributed by atoms with E-state index in [0.717, 1.165) is 31.2 Å². The maximum Gasteiger partial charge on any atom is 0.316 e. The third-order valence-electron chi connectivity index (χ3n) is 3.27. The summed E-state index contributed by atoms with van der Waals surface area (Å²) < 4.78 is 4.93. The molecule has 0 saturated heterocycles. The van der Waals surface area contributed by atoms with E-state index in [1.54, 1.807) is 12.4 Å². The van der Waals surface area contributed by atoms with E-state index in [1.807, 2.05) is 12.1 Å². The zero-order valence-electron chi connectivity index (χ0n) is 8.90. The van der Waals surface area contributed by atoms with Crippen molar-refractivity contribution >= 4 is 5.97 Å². The van der Waals surface area contributed by atoms with Gasteiger partial charge in [0.05, 0.1) is 12.5 Å². The minimum atomic E-state index is -0.405. The minimum Gasteiger partial charge on any atom is -0.468 e. The van der Waals surface area contributed by atoms with Crippen molar-refractivity contribution < 1.29 is 9.53 Å². The van der Waals surface area contributed by atoms with E-state index in [2.05, 4.69) is 4.98 Å². The topological polar surface area (TPSA) is 39.2 Å². The molecule has 0 atom stereocenters. The van der Waals surface area contributed by atoms with E-state index in [4.69, 9.17) is 4.74 Å². The molecule has 0 amide bonds. The van der Waals surface area contributed by atoms with Crippen LogP contribution in [0.25, 0.3) is 0 Å². The lowest BCUT2D eigenvalue weighted by molar-refractivity contribution is -0.147. The van der Waals surface area contributed by atoms with Crippen molar-refractivity contribution in [1.29, 1.82) is 0 Å². The Morgan fingerprint density at radius 2 is 1.93 bits per heavy atom. The van der Waals surface area contributed by atoms with Crippen molar-refractivity contribution in [2.24, 2.45) is 0 Å². The van der Waals surface area contributed by atoms with Crippen LogP contribution in [0.3, 0.4) is 0 Å². The van der Waals surface area contributed by atoms with E-state index in [-0.39, 0.29) is 5.97 Å². The van der Waals surface area contributed by atoms with Crippen LogP contribution in [0.15, 0.2) is 24.5 Å². The van der Waals surface area contributed by atoms with Gasteiger partial charge in [0.15, 0.2) is 0 Å². The summed E-state index contributed by atoms with van der Waals surface area (Å²) in [5.41, 5.74) is 0.638. The van der Waals surface area contributed by atoms with E-state index < -0.39 is 5.41 Å². The van der Waals surface area contributed by atoms with Gasteiger partial charge in [-0.1, -0.05) is 12.8 Å². The van der Waals surface area contributed by atoms with Gasteiger partial charge in [-0.15, -0.1) is 0 Å². The molecule has 80 valence electrons. The average Bonchev–Trinajstić information content (AvgIpc) is 2.79. The lowest BCUT2D eigenvalue weighted by Gasteiger charge is -2.25. The number of nitrogens with zero attached hydrogens (tertiary/aromatic N) is 1. The number of esters is 1. The van der Waals surface area contributed by atoms with Crippen LogP contribution in [0.4, 0.5) is 0 Å². The van der Waals surface area contributed by atoms with Crippen molar-refractivity contribution in [2.45, 2.75) is 31.1 Å². The third-order valence-corrected chi connectivity index (χ3v) is 3.27. The maximum atomic E-state index is 11.9. The van der Waals surface area contributed by atoms with Gasteiger partial charge in [0, 0.05) is 12.4 Å². The van der Waals surface area contributed by atoms with Crippen LogP contribution in [0, 0.1) is 0 Å². The number of carbonyl (C=O) groups is 1. The number of pyridine rings is 1.